The summed E-state index contributed by atoms with van der Waals surface area (Å²) < 4.78 is 0. The van der Waals surface area contributed by atoms with Gasteiger partial charge in [0.2, 0.25) is 0 Å². The van der Waals surface area contributed by atoms with Gasteiger partial charge in [-0.1, -0.05) is 33.6 Å². The number of nitrogens with one attached hydrogen (secondary N) is 1. The highest BCUT2D eigenvalue weighted by Crippen LogP contribution is 2.08. The molecule has 0 spiro atoms. The molecular formula is C10H25N. The summed E-state index contributed by atoms with van der Waals surface area (Å²) in [5.41, 5.74) is 0.342. The molecule has 0 atom stereocenters. The van der Waals surface area contributed by atoms with E-state index in [9.17, 15) is 0 Å². The van der Waals surface area contributed by atoms with E-state index in [1.54, 1.807) is 0 Å². The Balaban J connectivity index is 0. The molecule has 0 aromatic carbocycles. The molecular weight excluding hydrogens is 134 g/mol. The van der Waals surface area contributed by atoms with Crippen molar-refractivity contribution in [3.05, 3.63) is 0 Å². The molecule has 0 fully saturated rings. The monoisotopic (exact) mass is 159 g/mol. The van der Waals surface area contributed by atoms with E-state index in [0.29, 0.717) is 5.54 Å². The average molecular weight is 159 g/mol. The van der Waals surface area contributed by atoms with Crippen LogP contribution in [-0.2, 0) is 0 Å². The van der Waals surface area contributed by atoms with E-state index in [1.165, 1.54) is 19.3 Å². The first-order valence-corrected chi connectivity index (χ1v) is 4.72. The van der Waals surface area contributed by atoms with Crippen molar-refractivity contribution in [2.75, 3.05) is 7.05 Å². The predicted octanol–water partition coefficient (Wildman–Crippen LogP) is 3.20. The minimum atomic E-state index is 0.342. The topological polar surface area (TPSA) is 12.0 Å². The fourth-order valence-electron chi connectivity index (χ4n) is 0.750. The molecule has 0 aromatic rings. The summed E-state index contributed by atoms with van der Waals surface area (Å²) in [7, 11) is 2.01. The molecule has 0 aromatic heterocycles. The van der Waals surface area contributed by atoms with Gasteiger partial charge in [-0.15, -0.1) is 0 Å². The Bertz CT molecular complexity index is 67.3. The van der Waals surface area contributed by atoms with Crippen molar-refractivity contribution >= 4 is 0 Å². The predicted molar refractivity (Wildman–Crippen MR) is 54.0 cm³/mol. The standard InChI is InChI=1S/C7H17N.C3H8/c1-5-6-7(2,3)8-4;1-3-2/h8H,5-6H2,1-4H3;3H2,1-2H3. The fraction of sp³-hybridized carbons (Fsp3) is 1.00. The Hall–Kier alpha value is -0.0400. The van der Waals surface area contributed by atoms with Gasteiger partial charge in [-0.25, -0.2) is 0 Å². The van der Waals surface area contributed by atoms with E-state index in [4.69, 9.17) is 0 Å². The number of hydrogen-bond acceptors (Lipinski definition) is 1. The van der Waals surface area contributed by atoms with E-state index >= 15 is 0 Å². The molecule has 0 radical (unpaired) electrons. The third-order valence-electron chi connectivity index (χ3n) is 1.55. The van der Waals surface area contributed by atoms with Crippen LogP contribution in [0, 0.1) is 0 Å². The summed E-state index contributed by atoms with van der Waals surface area (Å²) in [6.07, 6.45) is 3.76. The average Bonchev–Trinajstić information content (AvgIpc) is 1.90. The summed E-state index contributed by atoms with van der Waals surface area (Å²) in [5.74, 6) is 0. The molecule has 0 aliphatic rings. The molecule has 70 valence electrons. The van der Waals surface area contributed by atoms with E-state index in [0.717, 1.165) is 0 Å². The molecule has 0 amide bonds. The van der Waals surface area contributed by atoms with Gasteiger partial charge in [0.1, 0.15) is 0 Å². The summed E-state index contributed by atoms with van der Waals surface area (Å²) in [5, 5.41) is 3.24. The summed E-state index contributed by atoms with van der Waals surface area (Å²) in [6.45, 7) is 10.9. The smallest absolute Gasteiger partial charge is 0.0122 e. The van der Waals surface area contributed by atoms with Crippen LogP contribution in [0.4, 0.5) is 0 Å². The van der Waals surface area contributed by atoms with Gasteiger partial charge in [-0.2, -0.15) is 0 Å². The van der Waals surface area contributed by atoms with Crippen LogP contribution in [0.5, 0.6) is 0 Å². The molecule has 0 rings (SSSR count). The zero-order valence-corrected chi connectivity index (χ0v) is 9.12. The maximum atomic E-state index is 3.24. The first-order valence-electron chi connectivity index (χ1n) is 4.72. The lowest BCUT2D eigenvalue weighted by atomic mass is 10.00. The molecule has 0 aliphatic carbocycles. The third kappa shape index (κ3) is 13.0. The highest BCUT2D eigenvalue weighted by molar-refractivity contribution is 4.73. The van der Waals surface area contributed by atoms with Crippen LogP contribution >= 0.6 is 0 Å². The first kappa shape index (κ1) is 13.5. The molecule has 0 bridgehead atoms. The van der Waals surface area contributed by atoms with E-state index in [2.05, 4.69) is 39.9 Å². The van der Waals surface area contributed by atoms with Crippen LogP contribution in [0.25, 0.3) is 0 Å². The summed E-state index contributed by atoms with van der Waals surface area (Å²) in [6, 6.07) is 0. The fourth-order valence-corrected chi connectivity index (χ4v) is 0.750. The van der Waals surface area contributed by atoms with E-state index in [1.807, 2.05) is 7.05 Å². The van der Waals surface area contributed by atoms with Crippen molar-refractivity contribution in [3.8, 4) is 0 Å². The van der Waals surface area contributed by atoms with Crippen LogP contribution in [0.3, 0.4) is 0 Å². The minimum absolute atomic E-state index is 0.342. The van der Waals surface area contributed by atoms with Crippen LogP contribution < -0.4 is 5.32 Å². The van der Waals surface area contributed by atoms with Crippen LogP contribution in [0.2, 0.25) is 0 Å². The third-order valence-corrected chi connectivity index (χ3v) is 1.55. The van der Waals surface area contributed by atoms with Gasteiger partial charge in [-0.05, 0) is 27.3 Å². The number of hydrogen-bond donors (Lipinski definition) is 1. The Morgan fingerprint density at radius 3 is 1.55 bits per heavy atom. The van der Waals surface area contributed by atoms with Gasteiger partial charge >= 0.3 is 0 Å². The molecule has 1 nitrogen and oxygen atoms in total. The van der Waals surface area contributed by atoms with Gasteiger partial charge in [0.05, 0.1) is 0 Å². The molecule has 0 saturated heterocycles. The lowest BCUT2D eigenvalue weighted by Crippen LogP contribution is -2.35. The van der Waals surface area contributed by atoms with Crippen molar-refractivity contribution in [2.45, 2.75) is 59.4 Å². The normalized spacial score (nSPS) is 10.4. The number of rotatable bonds is 3. The van der Waals surface area contributed by atoms with Gasteiger partial charge in [0.15, 0.2) is 0 Å². The maximum absolute atomic E-state index is 3.24. The van der Waals surface area contributed by atoms with Crippen molar-refractivity contribution in [1.29, 1.82) is 0 Å². The van der Waals surface area contributed by atoms with E-state index in [-0.39, 0.29) is 0 Å². The minimum Gasteiger partial charge on any atom is -0.315 e. The quantitative estimate of drug-likeness (QED) is 0.667. The molecule has 0 aliphatic heterocycles. The maximum Gasteiger partial charge on any atom is 0.0122 e. The van der Waals surface area contributed by atoms with Crippen molar-refractivity contribution in [3.63, 3.8) is 0 Å². The lowest BCUT2D eigenvalue weighted by Gasteiger charge is -2.22. The Labute approximate surface area is 72.6 Å². The second-order valence-electron chi connectivity index (χ2n) is 3.59. The largest absolute Gasteiger partial charge is 0.315 e. The summed E-state index contributed by atoms with van der Waals surface area (Å²) in [4.78, 5) is 0. The zero-order valence-electron chi connectivity index (χ0n) is 9.12. The highest BCUT2D eigenvalue weighted by Gasteiger charge is 2.11. The molecule has 0 saturated carbocycles. The molecule has 11 heavy (non-hydrogen) atoms. The highest BCUT2D eigenvalue weighted by atomic mass is 14.9. The van der Waals surface area contributed by atoms with Gasteiger partial charge in [0, 0.05) is 5.54 Å². The lowest BCUT2D eigenvalue weighted by molar-refractivity contribution is 0.389. The SMILES string of the molecule is CCC.CCCC(C)(C)NC. The van der Waals surface area contributed by atoms with E-state index < -0.39 is 0 Å². The Morgan fingerprint density at radius 1 is 1.09 bits per heavy atom. The zero-order chi connectivity index (χ0) is 9.33. The van der Waals surface area contributed by atoms with Crippen molar-refractivity contribution < 1.29 is 0 Å². The molecule has 0 unspecified atom stereocenters. The Kier molecular flexibility index (Phi) is 9.92. The van der Waals surface area contributed by atoms with Crippen molar-refractivity contribution in [2.24, 2.45) is 0 Å². The second-order valence-corrected chi connectivity index (χ2v) is 3.59. The van der Waals surface area contributed by atoms with Gasteiger partial charge in [-0.3, -0.25) is 0 Å². The molecule has 0 heterocycles. The Morgan fingerprint density at radius 2 is 1.45 bits per heavy atom. The van der Waals surface area contributed by atoms with Gasteiger partial charge in [0.25, 0.3) is 0 Å². The van der Waals surface area contributed by atoms with Crippen molar-refractivity contribution in [1.82, 2.24) is 5.32 Å². The van der Waals surface area contributed by atoms with Crippen LogP contribution in [0.1, 0.15) is 53.9 Å². The first-order chi connectivity index (χ1) is 5.04. The summed E-state index contributed by atoms with van der Waals surface area (Å²) >= 11 is 0. The molecule has 1 heteroatoms. The van der Waals surface area contributed by atoms with Crippen LogP contribution in [-0.4, -0.2) is 12.6 Å². The second kappa shape index (κ2) is 8.06. The van der Waals surface area contributed by atoms with Crippen LogP contribution in [0.15, 0.2) is 0 Å². The molecule has 1 N–H and O–H groups in total. The van der Waals surface area contributed by atoms with Gasteiger partial charge < -0.3 is 5.32 Å².